The van der Waals surface area contributed by atoms with Crippen LogP contribution < -0.4 is 0 Å². The molecule has 2 bridgehead atoms. The molecule has 6 rings (SSSR count). The minimum atomic E-state index is -1.43. The Balaban J connectivity index is 1.49. The van der Waals surface area contributed by atoms with Crippen molar-refractivity contribution in [3.8, 4) is 0 Å². The maximum atomic E-state index is 14.0. The Kier molecular flexibility index (Phi) is 4.63. The van der Waals surface area contributed by atoms with Crippen LogP contribution in [0.1, 0.15) is 65.0 Å². The van der Waals surface area contributed by atoms with Gasteiger partial charge in [-0.1, -0.05) is 27.7 Å². The number of carbonyl (C=O) groups excluding carboxylic acids is 3. The Morgan fingerprint density at radius 3 is 2.63 bits per heavy atom. The van der Waals surface area contributed by atoms with E-state index in [1.54, 1.807) is 12.3 Å². The highest BCUT2D eigenvalue weighted by molar-refractivity contribution is 5.92. The van der Waals surface area contributed by atoms with E-state index in [0.29, 0.717) is 18.4 Å². The summed E-state index contributed by atoms with van der Waals surface area (Å²) in [5.74, 6) is -2.02. The van der Waals surface area contributed by atoms with Gasteiger partial charge < -0.3 is 23.7 Å². The number of ether oxygens (including phenoxy) is 3. The van der Waals surface area contributed by atoms with E-state index in [1.807, 2.05) is 13.8 Å². The molecule has 0 amide bonds. The third-order valence-corrected chi connectivity index (χ3v) is 10.9. The number of ketones is 1. The van der Waals surface area contributed by atoms with Gasteiger partial charge in [-0.25, -0.2) is 0 Å². The molecule has 5 aliphatic rings. The number of hydrogen-bond acceptors (Lipinski definition) is 8. The molecule has 3 aliphatic carbocycles. The highest BCUT2D eigenvalue weighted by Crippen LogP contribution is 2.74. The molecule has 10 atom stereocenters. The van der Waals surface area contributed by atoms with Gasteiger partial charge in [-0.3, -0.25) is 14.4 Å². The van der Waals surface area contributed by atoms with Crippen LogP contribution in [0.15, 0.2) is 23.0 Å². The number of fused-ring (bicyclic) bond motifs is 6. The van der Waals surface area contributed by atoms with Gasteiger partial charge in [-0.05, 0) is 36.2 Å². The van der Waals surface area contributed by atoms with E-state index in [4.69, 9.17) is 18.6 Å². The highest BCUT2D eigenvalue weighted by Gasteiger charge is 2.80. The normalized spacial score (nSPS) is 49.3. The van der Waals surface area contributed by atoms with Crippen LogP contribution in [0.25, 0.3) is 0 Å². The summed E-state index contributed by atoms with van der Waals surface area (Å²) in [5, 5.41) is 12.6. The summed E-state index contributed by atoms with van der Waals surface area (Å²) in [6.07, 6.45) is 2.84. The topological polar surface area (TPSA) is 112 Å². The number of rotatable bonds is 3. The van der Waals surface area contributed by atoms with Crippen LogP contribution in [-0.4, -0.2) is 47.7 Å². The van der Waals surface area contributed by atoms with E-state index < -0.39 is 45.9 Å². The average Bonchev–Trinajstić information content (AvgIpc) is 3.29. The molecule has 3 heterocycles. The zero-order chi connectivity index (χ0) is 25.1. The number of aliphatic hydroxyl groups is 1. The summed E-state index contributed by atoms with van der Waals surface area (Å²) < 4.78 is 22.6. The first-order chi connectivity index (χ1) is 16.4. The lowest BCUT2D eigenvalue weighted by Gasteiger charge is -2.75. The van der Waals surface area contributed by atoms with Crippen molar-refractivity contribution in [2.45, 2.75) is 77.3 Å². The molecule has 1 aromatic rings. The number of furan rings is 1. The summed E-state index contributed by atoms with van der Waals surface area (Å²) in [6.45, 7) is 8.11. The van der Waals surface area contributed by atoms with Crippen LogP contribution >= 0.6 is 0 Å². The maximum Gasteiger partial charge on any atom is 0.309 e. The quantitative estimate of drug-likeness (QED) is 0.648. The molecule has 35 heavy (non-hydrogen) atoms. The van der Waals surface area contributed by atoms with Gasteiger partial charge in [0, 0.05) is 28.7 Å². The molecule has 1 aromatic heterocycles. The Labute approximate surface area is 204 Å². The third kappa shape index (κ3) is 2.57. The minimum absolute atomic E-state index is 0.113. The summed E-state index contributed by atoms with van der Waals surface area (Å²) in [5.41, 5.74) is -2.75. The first-order valence-corrected chi connectivity index (χ1v) is 12.6. The fourth-order valence-corrected chi connectivity index (χ4v) is 9.12. The van der Waals surface area contributed by atoms with Gasteiger partial charge in [-0.2, -0.15) is 0 Å². The molecule has 0 unspecified atom stereocenters. The van der Waals surface area contributed by atoms with Crippen LogP contribution in [0.4, 0.5) is 0 Å². The van der Waals surface area contributed by atoms with Crippen molar-refractivity contribution in [2.24, 2.45) is 39.9 Å². The zero-order valence-electron chi connectivity index (χ0n) is 20.9. The molecule has 2 aliphatic heterocycles. The van der Waals surface area contributed by atoms with E-state index in [-0.39, 0.29) is 48.5 Å². The molecule has 1 N–H and O–H groups in total. The van der Waals surface area contributed by atoms with Crippen molar-refractivity contribution in [1.82, 2.24) is 0 Å². The van der Waals surface area contributed by atoms with Gasteiger partial charge in [0.25, 0.3) is 0 Å². The smallest absolute Gasteiger partial charge is 0.309 e. The number of methoxy groups -OCH3 is 1. The van der Waals surface area contributed by atoms with Crippen molar-refractivity contribution in [1.29, 1.82) is 0 Å². The number of carbonyl (C=O) groups is 3. The second kappa shape index (κ2) is 6.97. The average molecular weight is 487 g/mol. The summed E-state index contributed by atoms with van der Waals surface area (Å²) in [4.78, 5) is 39.5. The molecule has 2 saturated heterocycles. The van der Waals surface area contributed by atoms with Crippen LogP contribution in [0, 0.1) is 39.9 Å². The van der Waals surface area contributed by atoms with Gasteiger partial charge in [0.2, 0.25) is 0 Å². The second-order valence-corrected chi connectivity index (χ2v) is 12.5. The van der Waals surface area contributed by atoms with Crippen molar-refractivity contribution in [2.75, 3.05) is 7.11 Å². The fraction of sp³-hybridized carbons (Fsp3) is 0.741. The van der Waals surface area contributed by atoms with Crippen LogP contribution in [0.2, 0.25) is 0 Å². The van der Waals surface area contributed by atoms with Gasteiger partial charge in [0.05, 0.1) is 49.8 Å². The van der Waals surface area contributed by atoms with Crippen molar-refractivity contribution >= 4 is 17.7 Å². The summed E-state index contributed by atoms with van der Waals surface area (Å²) in [6, 6.07) is 1.77. The van der Waals surface area contributed by atoms with Gasteiger partial charge in [0.15, 0.2) is 0 Å². The molecule has 3 saturated carbocycles. The highest BCUT2D eigenvalue weighted by atomic mass is 16.6. The van der Waals surface area contributed by atoms with Crippen LogP contribution in [-0.2, 0) is 28.6 Å². The SMILES string of the molecule is COC(=O)C[C@H]1C(C)(C)[C@@H]2O[C@H]3[C@@H]2C(=O)[C@]1(C)[C@H]1CC[C@@]2(C)[C@H](c4ccoc4)OC(=O)C[C@@]2(O)[C@H]31. The fourth-order valence-electron chi connectivity index (χ4n) is 9.12. The second-order valence-electron chi connectivity index (χ2n) is 12.5. The Morgan fingerprint density at radius 1 is 1.23 bits per heavy atom. The molecule has 190 valence electrons. The van der Waals surface area contributed by atoms with E-state index in [1.165, 1.54) is 13.4 Å². The summed E-state index contributed by atoms with van der Waals surface area (Å²) in [7, 11) is 1.36. The maximum absolute atomic E-state index is 14.0. The Hall–Kier alpha value is -2.19. The lowest BCUT2D eigenvalue weighted by molar-refractivity contribution is -0.361. The minimum Gasteiger partial charge on any atom is -0.472 e. The third-order valence-electron chi connectivity index (χ3n) is 10.9. The lowest BCUT2D eigenvalue weighted by atomic mass is 9.34. The number of Topliss-reactive ketones (excluding diaryl/α,β-unsaturated/α-hetero) is 1. The van der Waals surface area contributed by atoms with Crippen molar-refractivity contribution in [3.63, 3.8) is 0 Å². The standard InChI is InChI=1S/C27H34O8/c1-24(2)15(10-16(28)32-5)26(4)14-6-8-25(3)22(13-7-9-33-12-13)34-17(29)11-27(25,31)19(14)20-18(21(26)30)23(24)35-20/h7,9,12,14-15,18-20,22-23,31H,6,8,10-11H2,1-5H3/t14-,15-,18+,19-,20-,22-,23+,25-,26+,27+/m0/s1. The van der Waals surface area contributed by atoms with Crippen LogP contribution in [0.3, 0.4) is 0 Å². The predicted molar refractivity (Wildman–Crippen MR) is 121 cm³/mol. The Morgan fingerprint density at radius 2 is 1.97 bits per heavy atom. The van der Waals surface area contributed by atoms with Gasteiger partial charge in [0.1, 0.15) is 11.9 Å². The predicted octanol–water partition coefficient (Wildman–Crippen LogP) is 3.22. The van der Waals surface area contributed by atoms with E-state index in [2.05, 4.69) is 13.8 Å². The molecule has 0 aromatic carbocycles. The number of cyclic esters (lactones) is 1. The van der Waals surface area contributed by atoms with E-state index >= 15 is 0 Å². The number of esters is 2. The molecule has 5 fully saturated rings. The lowest BCUT2D eigenvalue weighted by Crippen LogP contribution is -2.82. The zero-order valence-corrected chi connectivity index (χ0v) is 20.9. The van der Waals surface area contributed by atoms with E-state index in [9.17, 15) is 19.5 Å². The van der Waals surface area contributed by atoms with Crippen molar-refractivity contribution in [3.05, 3.63) is 24.2 Å². The summed E-state index contributed by atoms with van der Waals surface area (Å²) >= 11 is 0. The molecular weight excluding hydrogens is 452 g/mol. The molecule has 0 spiro atoms. The molecule has 8 nitrogen and oxygen atoms in total. The largest absolute Gasteiger partial charge is 0.472 e. The van der Waals surface area contributed by atoms with Gasteiger partial charge in [-0.15, -0.1) is 0 Å². The monoisotopic (exact) mass is 486 g/mol. The number of hydrogen-bond donors (Lipinski definition) is 1. The molecule has 0 radical (unpaired) electrons. The first-order valence-electron chi connectivity index (χ1n) is 12.6. The van der Waals surface area contributed by atoms with E-state index in [0.717, 1.165) is 0 Å². The first kappa shape index (κ1) is 23.2. The molecule has 8 heteroatoms. The van der Waals surface area contributed by atoms with Gasteiger partial charge >= 0.3 is 11.9 Å². The Bertz CT molecular complexity index is 1090. The molecular formula is C27H34O8. The van der Waals surface area contributed by atoms with Crippen molar-refractivity contribution < 1.29 is 38.1 Å². The van der Waals surface area contributed by atoms with Crippen LogP contribution in [0.5, 0.6) is 0 Å².